The third kappa shape index (κ3) is 6.66. The lowest BCUT2D eigenvalue weighted by Gasteiger charge is -2.39. The standard InChI is InChI=1S/C27H42N2O2/c1-4-6-7-8-9-17-29-18-15-22(21(5-2)20-29)10-13-27(30)24-14-16-28-26-12-11-23(31-3)19-25(24)26/h11-12,14,16,19,21-22,27,30H,4-10,13,15,17-18,20H2,1-3H3/t21-,22+,27?/m0/s1. The Morgan fingerprint density at radius 3 is 2.74 bits per heavy atom. The van der Waals surface area contributed by atoms with Gasteiger partial charge in [0.15, 0.2) is 0 Å². The fourth-order valence-electron chi connectivity index (χ4n) is 5.23. The fourth-order valence-corrected chi connectivity index (χ4v) is 5.23. The molecule has 0 radical (unpaired) electrons. The van der Waals surface area contributed by atoms with Gasteiger partial charge in [0.25, 0.3) is 0 Å². The zero-order valence-corrected chi connectivity index (χ0v) is 19.9. The summed E-state index contributed by atoms with van der Waals surface area (Å²) in [6.45, 7) is 8.34. The molecule has 2 aromatic rings. The SMILES string of the molecule is CCCCCCCN1CC[C@@H](CCC(O)c2ccnc3ccc(OC)cc23)[C@@H](CC)C1. The van der Waals surface area contributed by atoms with Crippen LogP contribution in [0.5, 0.6) is 5.75 Å². The Bertz CT molecular complexity index is 794. The summed E-state index contributed by atoms with van der Waals surface area (Å²) in [6.07, 6.45) is 12.6. The first kappa shape index (κ1) is 24.0. The Kier molecular flexibility index (Phi) is 9.60. The van der Waals surface area contributed by atoms with Gasteiger partial charge in [0, 0.05) is 18.1 Å². The predicted octanol–water partition coefficient (Wildman–Crippen LogP) is 6.38. The number of aliphatic hydroxyl groups excluding tert-OH is 1. The molecule has 1 aliphatic heterocycles. The highest BCUT2D eigenvalue weighted by atomic mass is 16.5. The molecule has 0 saturated carbocycles. The molecule has 2 heterocycles. The molecule has 3 atom stereocenters. The minimum atomic E-state index is -0.452. The molecule has 0 amide bonds. The maximum Gasteiger partial charge on any atom is 0.119 e. The van der Waals surface area contributed by atoms with E-state index >= 15 is 0 Å². The van der Waals surface area contributed by atoms with Crippen LogP contribution < -0.4 is 4.74 Å². The molecule has 31 heavy (non-hydrogen) atoms. The van der Waals surface area contributed by atoms with Crippen molar-refractivity contribution in [2.75, 3.05) is 26.7 Å². The van der Waals surface area contributed by atoms with E-state index in [1.54, 1.807) is 13.3 Å². The van der Waals surface area contributed by atoms with Gasteiger partial charge < -0.3 is 14.7 Å². The summed E-state index contributed by atoms with van der Waals surface area (Å²) in [5.74, 6) is 2.28. The summed E-state index contributed by atoms with van der Waals surface area (Å²) >= 11 is 0. The van der Waals surface area contributed by atoms with Gasteiger partial charge in [-0.3, -0.25) is 4.98 Å². The van der Waals surface area contributed by atoms with Gasteiger partial charge in [-0.25, -0.2) is 0 Å². The normalized spacial score (nSPS) is 20.8. The molecular formula is C27H42N2O2. The van der Waals surface area contributed by atoms with Gasteiger partial charge in [-0.2, -0.15) is 0 Å². The lowest BCUT2D eigenvalue weighted by molar-refractivity contribution is 0.0903. The van der Waals surface area contributed by atoms with Crippen LogP contribution in [0, 0.1) is 11.8 Å². The molecule has 1 saturated heterocycles. The molecular weight excluding hydrogens is 384 g/mol. The molecule has 1 aromatic heterocycles. The van der Waals surface area contributed by atoms with Crippen molar-refractivity contribution in [1.29, 1.82) is 0 Å². The zero-order chi connectivity index (χ0) is 22.1. The van der Waals surface area contributed by atoms with Crippen LogP contribution in [-0.2, 0) is 0 Å². The Morgan fingerprint density at radius 1 is 1.13 bits per heavy atom. The molecule has 4 nitrogen and oxygen atoms in total. The zero-order valence-electron chi connectivity index (χ0n) is 19.9. The van der Waals surface area contributed by atoms with Gasteiger partial charge >= 0.3 is 0 Å². The first-order valence-corrected chi connectivity index (χ1v) is 12.5. The van der Waals surface area contributed by atoms with Crippen LogP contribution in [0.1, 0.15) is 83.3 Å². The Hall–Kier alpha value is -1.65. The van der Waals surface area contributed by atoms with Crippen molar-refractivity contribution in [2.45, 2.75) is 77.7 Å². The highest BCUT2D eigenvalue weighted by molar-refractivity contribution is 5.83. The van der Waals surface area contributed by atoms with Gasteiger partial charge in [0.05, 0.1) is 18.7 Å². The maximum absolute atomic E-state index is 11.0. The molecule has 0 spiro atoms. The molecule has 3 rings (SSSR count). The lowest BCUT2D eigenvalue weighted by Crippen LogP contribution is -2.40. The molecule has 1 aromatic carbocycles. The number of unbranched alkanes of at least 4 members (excludes halogenated alkanes) is 4. The summed E-state index contributed by atoms with van der Waals surface area (Å²) in [6, 6.07) is 7.85. The van der Waals surface area contributed by atoms with E-state index in [0.717, 1.165) is 46.9 Å². The Morgan fingerprint density at radius 2 is 1.97 bits per heavy atom. The Labute approximate surface area is 189 Å². The summed E-state index contributed by atoms with van der Waals surface area (Å²) in [5.41, 5.74) is 1.89. The first-order chi connectivity index (χ1) is 15.2. The monoisotopic (exact) mass is 426 g/mol. The second-order valence-electron chi connectivity index (χ2n) is 9.31. The van der Waals surface area contributed by atoms with Crippen LogP contribution >= 0.6 is 0 Å². The van der Waals surface area contributed by atoms with Crippen molar-refractivity contribution < 1.29 is 9.84 Å². The second-order valence-corrected chi connectivity index (χ2v) is 9.31. The van der Waals surface area contributed by atoms with E-state index in [-0.39, 0.29) is 0 Å². The van der Waals surface area contributed by atoms with Crippen LogP contribution in [0.25, 0.3) is 10.9 Å². The minimum Gasteiger partial charge on any atom is -0.497 e. The topological polar surface area (TPSA) is 45.6 Å². The number of hydrogen-bond donors (Lipinski definition) is 1. The van der Waals surface area contributed by atoms with Crippen LogP contribution in [0.3, 0.4) is 0 Å². The molecule has 4 heteroatoms. The summed E-state index contributed by atoms with van der Waals surface area (Å²) in [4.78, 5) is 7.14. The quantitative estimate of drug-likeness (QED) is 0.400. The molecule has 1 unspecified atom stereocenters. The number of aliphatic hydroxyl groups is 1. The number of benzene rings is 1. The maximum atomic E-state index is 11.0. The van der Waals surface area contributed by atoms with Gasteiger partial charge in [0.2, 0.25) is 0 Å². The van der Waals surface area contributed by atoms with Gasteiger partial charge in [0.1, 0.15) is 5.75 Å². The van der Waals surface area contributed by atoms with Crippen LogP contribution in [0.4, 0.5) is 0 Å². The lowest BCUT2D eigenvalue weighted by atomic mass is 9.80. The fraction of sp³-hybridized carbons (Fsp3) is 0.667. The summed E-state index contributed by atoms with van der Waals surface area (Å²) < 4.78 is 5.38. The van der Waals surface area contributed by atoms with E-state index in [4.69, 9.17) is 4.74 Å². The Balaban J connectivity index is 1.53. The van der Waals surface area contributed by atoms with Crippen molar-refractivity contribution in [2.24, 2.45) is 11.8 Å². The highest BCUT2D eigenvalue weighted by Crippen LogP contribution is 2.34. The number of likely N-dealkylation sites (tertiary alicyclic amines) is 1. The van der Waals surface area contributed by atoms with Crippen molar-refractivity contribution in [1.82, 2.24) is 9.88 Å². The van der Waals surface area contributed by atoms with E-state index in [0.29, 0.717) is 0 Å². The number of methoxy groups -OCH3 is 1. The van der Waals surface area contributed by atoms with Gasteiger partial charge in [-0.1, -0.05) is 46.0 Å². The number of aromatic nitrogens is 1. The van der Waals surface area contributed by atoms with E-state index in [1.807, 2.05) is 24.3 Å². The van der Waals surface area contributed by atoms with E-state index in [1.165, 1.54) is 64.6 Å². The first-order valence-electron chi connectivity index (χ1n) is 12.5. The van der Waals surface area contributed by atoms with Crippen molar-refractivity contribution in [3.8, 4) is 5.75 Å². The number of fused-ring (bicyclic) bond motifs is 1. The average Bonchev–Trinajstić information content (AvgIpc) is 2.81. The van der Waals surface area contributed by atoms with Gasteiger partial charge in [-0.15, -0.1) is 0 Å². The van der Waals surface area contributed by atoms with E-state index in [9.17, 15) is 5.11 Å². The number of ether oxygens (including phenoxy) is 1. The number of hydrogen-bond acceptors (Lipinski definition) is 4. The van der Waals surface area contributed by atoms with Crippen molar-refractivity contribution >= 4 is 10.9 Å². The molecule has 0 bridgehead atoms. The number of pyridine rings is 1. The number of rotatable bonds is 12. The molecule has 172 valence electrons. The summed E-state index contributed by atoms with van der Waals surface area (Å²) in [7, 11) is 1.68. The second kappa shape index (κ2) is 12.4. The number of piperidine rings is 1. The highest BCUT2D eigenvalue weighted by Gasteiger charge is 2.28. The van der Waals surface area contributed by atoms with E-state index < -0.39 is 6.10 Å². The number of nitrogens with zero attached hydrogens (tertiary/aromatic N) is 2. The molecule has 1 aliphatic rings. The molecule has 1 N–H and O–H groups in total. The predicted molar refractivity (Wildman–Crippen MR) is 130 cm³/mol. The molecule has 1 fully saturated rings. The van der Waals surface area contributed by atoms with Crippen LogP contribution in [0.2, 0.25) is 0 Å². The van der Waals surface area contributed by atoms with Crippen LogP contribution in [-0.4, -0.2) is 41.7 Å². The minimum absolute atomic E-state index is 0.452. The largest absolute Gasteiger partial charge is 0.497 e. The summed E-state index contributed by atoms with van der Waals surface area (Å²) in [5, 5.41) is 12.0. The van der Waals surface area contributed by atoms with Crippen molar-refractivity contribution in [3.05, 3.63) is 36.0 Å². The third-order valence-corrected chi connectivity index (χ3v) is 7.23. The third-order valence-electron chi connectivity index (χ3n) is 7.23. The van der Waals surface area contributed by atoms with E-state index in [2.05, 4.69) is 23.7 Å². The van der Waals surface area contributed by atoms with Crippen LogP contribution in [0.15, 0.2) is 30.5 Å². The van der Waals surface area contributed by atoms with Gasteiger partial charge in [-0.05, 0) is 80.4 Å². The molecule has 0 aliphatic carbocycles. The van der Waals surface area contributed by atoms with Crippen molar-refractivity contribution in [3.63, 3.8) is 0 Å². The smallest absolute Gasteiger partial charge is 0.119 e. The average molecular weight is 427 g/mol.